The molecule has 28 heavy (non-hydrogen) atoms. The number of imidazole rings is 1. The predicted octanol–water partition coefficient (Wildman–Crippen LogP) is 4.16. The maximum Gasteiger partial charge on any atom is 0.258 e. The highest BCUT2D eigenvalue weighted by Crippen LogP contribution is 2.34. The van der Waals surface area contributed by atoms with Gasteiger partial charge in [-0.3, -0.25) is 4.79 Å². The molecular formula is C22H23N3O3. The van der Waals surface area contributed by atoms with Crippen molar-refractivity contribution >= 4 is 5.91 Å². The van der Waals surface area contributed by atoms with Crippen molar-refractivity contribution in [1.82, 2.24) is 14.9 Å². The van der Waals surface area contributed by atoms with Crippen LogP contribution in [0.4, 0.5) is 0 Å². The van der Waals surface area contributed by atoms with E-state index in [0.717, 1.165) is 36.3 Å². The Morgan fingerprint density at radius 2 is 2.04 bits per heavy atom. The fourth-order valence-corrected chi connectivity index (χ4v) is 3.70. The van der Waals surface area contributed by atoms with Crippen LogP contribution in [0.3, 0.4) is 0 Å². The summed E-state index contributed by atoms with van der Waals surface area (Å²) in [6, 6.07) is 14.6. The van der Waals surface area contributed by atoms with Crippen LogP contribution in [0.5, 0.6) is 11.5 Å². The van der Waals surface area contributed by atoms with E-state index in [1.807, 2.05) is 36.5 Å². The Hall–Kier alpha value is -3.28. The molecule has 1 atom stereocenters. The molecule has 1 aromatic heterocycles. The van der Waals surface area contributed by atoms with Crippen LogP contribution in [0.15, 0.2) is 54.7 Å². The van der Waals surface area contributed by atoms with Gasteiger partial charge in [-0.2, -0.15) is 0 Å². The zero-order valence-electron chi connectivity index (χ0n) is 15.8. The van der Waals surface area contributed by atoms with Crippen LogP contribution in [-0.2, 0) is 0 Å². The van der Waals surface area contributed by atoms with Gasteiger partial charge in [-0.1, -0.05) is 30.3 Å². The molecule has 0 spiro atoms. The minimum atomic E-state index is -0.209. The van der Waals surface area contributed by atoms with Crippen LogP contribution >= 0.6 is 0 Å². The van der Waals surface area contributed by atoms with Crippen molar-refractivity contribution in [2.24, 2.45) is 0 Å². The minimum Gasteiger partial charge on any atom is -0.507 e. The number of hydrogen-bond acceptors (Lipinski definition) is 4. The lowest BCUT2D eigenvalue weighted by Gasteiger charge is -2.34. The van der Waals surface area contributed by atoms with Gasteiger partial charge in [-0.25, -0.2) is 4.98 Å². The number of carbonyl (C=O) groups excluding carboxylic acids is 1. The second kappa shape index (κ2) is 7.76. The number of rotatable bonds is 4. The summed E-state index contributed by atoms with van der Waals surface area (Å²) in [6.45, 7) is 0.627. The molecule has 2 N–H and O–H groups in total. The zero-order valence-corrected chi connectivity index (χ0v) is 15.8. The van der Waals surface area contributed by atoms with Gasteiger partial charge >= 0.3 is 0 Å². The van der Waals surface area contributed by atoms with Crippen molar-refractivity contribution in [1.29, 1.82) is 0 Å². The summed E-state index contributed by atoms with van der Waals surface area (Å²) >= 11 is 0. The molecule has 0 unspecified atom stereocenters. The largest absolute Gasteiger partial charge is 0.507 e. The predicted molar refractivity (Wildman–Crippen MR) is 106 cm³/mol. The fraction of sp³-hybridized carbons (Fsp3) is 0.273. The van der Waals surface area contributed by atoms with Gasteiger partial charge in [-0.05, 0) is 43.0 Å². The van der Waals surface area contributed by atoms with Gasteiger partial charge in [-0.15, -0.1) is 0 Å². The summed E-state index contributed by atoms with van der Waals surface area (Å²) in [4.78, 5) is 23.0. The van der Waals surface area contributed by atoms with Gasteiger partial charge in [0.1, 0.15) is 17.3 Å². The van der Waals surface area contributed by atoms with Crippen molar-refractivity contribution in [3.8, 4) is 22.8 Å². The van der Waals surface area contributed by atoms with E-state index in [2.05, 4.69) is 9.97 Å². The third kappa shape index (κ3) is 3.45. The standard InChI is InChI=1S/C22H23N3O3/c1-28-16-10-11-20(26)17(13-16)22(27)25-12-6-5-9-19(25)21-23-14-18(24-21)15-7-3-2-4-8-15/h2-4,7-8,10-11,13-14,19,26H,5-6,9,12H2,1H3,(H,23,24)/t19-/m1/s1. The molecule has 6 heteroatoms. The molecule has 0 aliphatic carbocycles. The lowest BCUT2D eigenvalue weighted by molar-refractivity contribution is 0.0597. The maximum atomic E-state index is 13.2. The molecule has 4 rings (SSSR count). The average Bonchev–Trinajstić information content (AvgIpc) is 3.24. The highest BCUT2D eigenvalue weighted by atomic mass is 16.5. The quantitative estimate of drug-likeness (QED) is 0.716. The van der Waals surface area contributed by atoms with Crippen LogP contribution in [0.25, 0.3) is 11.3 Å². The van der Waals surface area contributed by atoms with Gasteiger partial charge in [0.15, 0.2) is 0 Å². The van der Waals surface area contributed by atoms with Gasteiger partial charge in [0.25, 0.3) is 5.91 Å². The van der Waals surface area contributed by atoms with Crippen LogP contribution < -0.4 is 4.74 Å². The third-order valence-corrected chi connectivity index (χ3v) is 5.19. The number of methoxy groups -OCH3 is 1. The molecule has 6 nitrogen and oxygen atoms in total. The summed E-state index contributed by atoms with van der Waals surface area (Å²) in [7, 11) is 1.54. The van der Waals surface area contributed by atoms with Crippen molar-refractivity contribution in [3.63, 3.8) is 0 Å². The Bertz CT molecular complexity index is 968. The van der Waals surface area contributed by atoms with Crippen LogP contribution in [0, 0.1) is 0 Å². The smallest absolute Gasteiger partial charge is 0.258 e. The fourth-order valence-electron chi connectivity index (χ4n) is 3.70. The third-order valence-electron chi connectivity index (χ3n) is 5.19. The number of likely N-dealkylation sites (tertiary alicyclic amines) is 1. The molecule has 3 aromatic rings. The SMILES string of the molecule is COc1ccc(O)c(C(=O)N2CCCC[C@@H]2c2ncc(-c3ccccc3)[nH]2)c1. The number of amides is 1. The number of aromatic amines is 1. The van der Waals surface area contributed by atoms with E-state index >= 15 is 0 Å². The Balaban J connectivity index is 1.64. The number of hydrogen-bond donors (Lipinski definition) is 2. The van der Waals surface area contributed by atoms with Crippen LogP contribution in [0.1, 0.15) is 41.5 Å². The molecule has 0 saturated carbocycles. The molecule has 0 bridgehead atoms. The average molecular weight is 377 g/mol. The van der Waals surface area contributed by atoms with Crippen LogP contribution in [0.2, 0.25) is 0 Å². The Morgan fingerprint density at radius 3 is 2.82 bits per heavy atom. The molecule has 1 saturated heterocycles. The van der Waals surface area contributed by atoms with E-state index in [-0.39, 0.29) is 23.3 Å². The molecule has 1 aliphatic heterocycles. The van der Waals surface area contributed by atoms with Gasteiger partial charge in [0, 0.05) is 6.54 Å². The summed E-state index contributed by atoms with van der Waals surface area (Å²) < 4.78 is 5.21. The second-order valence-corrected chi connectivity index (χ2v) is 6.94. The number of aromatic hydroxyl groups is 1. The summed E-state index contributed by atoms with van der Waals surface area (Å²) in [5, 5.41) is 10.2. The van der Waals surface area contributed by atoms with Crippen molar-refractivity contribution < 1.29 is 14.6 Å². The van der Waals surface area contributed by atoms with Gasteiger partial charge in [0.05, 0.1) is 30.6 Å². The highest BCUT2D eigenvalue weighted by Gasteiger charge is 2.32. The number of aromatic nitrogens is 2. The first kappa shape index (κ1) is 18.1. The molecule has 144 valence electrons. The van der Waals surface area contributed by atoms with Crippen molar-refractivity contribution in [2.45, 2.75) is 25.3 Å². The molecule has 2 aromatic carbocycles. The van der Waals surface area contributed by atoms with Crippen molar-refractivity contribution in [2.75, 3.05) is 13.7 Å². The van der Waals surface area contributed by atoms with Gasteiger partial charge in [0.2, 0.25) is 0 Å². The van der Waals surface area contributed by atoms with E-state index in [9.17, 15) is 9.90 Å². The Labute approximate surface area is 163 Å². The van der Waals surface area contributed by atoms with E-state index in [4.69, 9.17) is 4.74 Å². The number of nitrogens with zero attached hydrogens (tertiary/aromatic N) is 2. The number of carbonyl (C=O) groups is 1. The number of piperidine rings is 1. The summed E-state index contributed by atoms with van der Waals surface area (Å²) in [6.07, 6.45) is 4.60. The molecular weight excluding hydrogens is 354 g/mol. The van der Waals surface area contributed by atoms with Gasteiger partial charge < -0.3 is 19.7 Å². The highest BCUT2D eigenvalue weighted by molar-refractivity contribution is 5.97. The lowest BCUT2D eigenvalue weighted by atomic mass is 10.00. The number of phenolic OH excluding ortho intramolecular Hbond substituents is 1. The molecule has 1 aliphatic rings. The number of phenols is 1. The first-order chi connectivity index (χ1) is 13.7. The molecule has 1 amide bonds. The topological polar surface area (TPSA) is 78.5 Å². The Kier molecular flexibility index (Phi) is 5.02. The molecule has 1 fully saturated rings. The van der Waals surface area contributed by atoms with E-state index < -0.39 is 0 Å². The first-order valence-corrected chi connectivity index (χ1v) is 9.45. The number of benzene rings is 2. The second-order valence-electron chi connectivity index (χ2n) is 6.94. The summed E-state index contributed by atoms with van der Waals surface area (Å²) in [5.41, 5.74) is 2.24. The number of H-pyrrole nitrogens is 1. The normalized spacial score (nSPS) is 16.8. The molecule has 2 heterocycles. The van der Waals surface area contributed by atoms with Crippen molar-refractivity contribution in [3.05, 3.63) is 66.1 Å². The van der Waals surface area contributed by atoms with E-state index in [1.54, 1.807) is 17.0 Å². The monoisotopic (exact) mass is 377 g/mol. The molecule has 0 radical (unpaired) electrons. The zero-order chi connectivity index (χ0) is 19.5. The lowest BCUT2D eigenvalue weighted by Crippen LogP contribution is -2.39. The number of ether oxygens (including phenoxy) is 1. The van der Waals surface area contributed by atoms with E-state index in [1.165, 1.54) is 13.2 Å². The number of nitrogens with one attached hydrogen (secondary N) is 1. The maximum absolute atomic E-state index is 13.2. The first-order valence-electron chi connectivity index (χ1n) is 9.45. The minimum absolute atomic E-state index is 0.0421. The Morgan fingerprint density at radius 1 is 1.21 bits per heavy atom. The van der Waals surface area contributed by atoms with Crippen LogP contribution in [-0.4, -0.2) is 39.5 Å². The van der Waals surface area contributed by atoms with E-state index in [0.29, 0.717) is 12.3 Å². The summed E-state index contributed by atoms with van der Waals surface area (Å²) in [5.74, 6) is 1.06.